The molecule has 268 valence electrons. The van der Waals surface area contributed by atoms with Crippen LogP contribution in [0.2, 0.25) is 0 Å². The molecule has 4 aliphatic carbocycles. The summed E-state index contributed by atoms with van der Waals surface area (Å²) in [6.45, 7) is 4.34. The third-order valence-electron chi connectivity index (χ3n) is 11.7. The third kappa shape index (κ3) is 8.07. The summed E-state index contributed by atoms with van der Waals surface area (Å²) >= 11 is 0. The van der Waals surface area contributed by atoms with E-state index < -0.39 is 53.4 Å². The van der Waals surface area contributed by atoms with Gasteiger partial charge in [-0.1, -0.05) is 46.0 Å². The number of aliphatic hydroxyl groups is 1. The number of nitrogens with zero attached hydrogens (tertiary/aromatic N) is 3. The van der Waals surface area contributed by atoms with Crippen LogP contribution >= 0.6 is 0 Å². The largest absolute Gasteiger partial charge is 0.381 e. The summed E-state index contributed by atoms with van der Waals surface area (Å²) in [6.07, 6.45) is 14.5. The van der Waals surface area contributed by atoms with Crippen molar-refractivity contribution in [3.8, 4) is 0 Å². The first-order valence-electron chi connectivity index (χ1n) is 18.6. The standard InChI is InChI=1S/C36H53N7O6/c1-3-8-25(29(44)34(48)39-23-13-14-23)40-33(47)28-24-12-7-11-22(24)20-43(28)35(49)30(36(2)15-16-36)42-32(46)27(21-9-5-4-6-10-21)41-31(45)26-19-37-17-18-38-26/h17-19,21-25,27-30,44H,3-16,20H2,1-2H3,(H,39,48)(H,40,47)(H,41,45)(H,42,46)/t22?,24?,25-,27-,28-,29?,30+/m0/s1. The highest BCUT2D eigenvalue weighted by atomic mass is 16.3. The summed E-state index contributed by atoms with van der Waals surface area (Å²) in [7, 11) is 0. The number of amides is 5. The molecule has 5 N–H and O–H groups in total. The van der Waals surface area contributed by atoms with Crippen molar-refractivity contribution in [1.82, 2.24) is 36.1 Å². The van der Waals surface area contributed by atoms with Crippen LogP contribution in [0.15, 0.2) is 18.6 Å². The topological polar surface area (TPSA) is 183 Å². The van der Waals surface area contributed by atoms with Crippen LogP contribution in [0, 0.1) is 23.2 Å². The smallest absolute Gasteiger partial charge is 0.272 e. The van der Waals surface area contributed by atoms with Gasteiger partial charge in [-0.05, 0) is 81.0 Å². The highest BCUT2D eigenvalue weighted by molar-refractivity contribution is 5.98. The van der Waals surface area contributed by atoms with Gasteiger partial charge in [-0.2, -0.15) is 0 Å². The molecule has 6 rings (SSSR count). The molecule has 3 unspecified atom stereocenters. The molecule has 0 radical (unpaired) electrons. The average Bonchev–Trinajstić information content (AvgIpc) is 3.99. The van der Waals surface area contributed by atoms with Gasteiger partial charge in [-0.3, -0.25) is 29.0 Å². The van der Waals surface area contributed by atoms with Gasteiger partial charge in [0.2, 0.25) is 17.7 Å². The van der Waals surface area contributed by atoms with E-state index in [4.69, 9.17) is 0 Å². The van der Waals surface area contributed by atoms with E-state index in [-0.39, 0.29) is 41.3 Å². The van der Waals surface area contributed by atoms with Crippen molar-refractivity contribution in [2.45, 2.75) is 140 Å². The van der Waals surface area contributed by atoms with E-state index in [1.165, 1.54) is 18.6 Å². The van der Waals surface area contributed by atoms with E-state index in [0.717, 1.165) is 77.0 Å². The fourth-order valence-corrected chi connectivity index (χ4v) is 8.37. The van der Waals surface area contributed by atoms with Gasteiger partial charge in [0.15, 0.2) is 6.10 Å². The quantitative estimate of drug-likeness (QED) is 0.198. The molecular weight excluding hydrogens is 626 g/mol. The number of rotatable bonds is 14. The van der Waals surface area contributed by atoms with Crippen LogP contribution in [0.5, 0.6) is 0 Å². The molecule has 0 aromatic carbocycles. The Kier molecular flexibility index (Phi) is 10.9. The molecule has 13 nitrogen and oxygen atoms in total. The SMILES string of the molecule is CCC[C@H](NC(=O)[C@@H]1C2CCCC2CN1C(=O)[C@@H](NC(=O)[C@@H](NC(=O)c1cnccn1)C1CCCCC1)C1(C)CC1)C(O)C(=O)NC1CC1. The first-order valence-corrected chi connectivity index (χ1v) is 18.6. The lowest BCUT2D eigenvalue weighted by Crippen LogP contribution is -2.61. The Labute approximate surface area is 288 Å². The second-order valence-electron chi connectivity index (χ2n) is 15.5. The fraction of sp³-hybridized carbons (Fsp3) is 0.750. The van der Waals surface area contributed by atoms with E-state index in [9.17, 15) is 29.1 Å². The van der Waals surface area contributed by atoms with Crippen molar-refractivity contribution in [3.05, 3.63) is 24.3 Å². The van der Waals surface area contributed by atoms with Crippen LogP contribution < -0.4 is 21.3 Å². The van der Waals surface area contributed by atoms with Crippen molar-refractivity contribution < 1.29 is 29.1 Å². The Bertz CT molecular complexity index is 1380. The van der Waals surface area contributed by atoms with Crippen LogP contribution in [-0.2, 0) is 19.2 Å². The second kappa shape index (κ2) is 15.1. The highest BCUT2D eigenvalue weighted by Gasteiger charge is 2.56. The molecule has 0 spiro atoms. The predicted molar refractivity (Wildman–Crippen MR) is 179 cm³/mol. The number of hydrogen-bond acceptors (Lipinski definition) is 8. The Morgan fingerprint density at radius 2 is 1.69 bits per heavy atom. The lowest BCUT2D eigenvalue weighted by atomic mass is 9.83. The summed E-state index contributed by atoms with van der Waals surface area (Å²) in [5, 5.41) is 22.8. The van der Waals surface area contributed by atoms with Gasteiger partial charge in [-0.15, -0.1) is 0 Å². The third-order valence-corrected chi connectivity index (χ3v) is 11.7. The number of likely N-dealkylation sites (tertiary alicyclic amines) is 1. The van der Waals surface area contributed by atoms with E-state index >= 15 is 0 Å². The predicted octanol–water partition coefficient (Wildman–Crippen LogP) is 1.99. The summed E-state index contributed by atoms with van der Waals surface area (Å²) in [5.74, 6) is -1.97. The molecule has 7 atom stereocenters. The summed E-state index contributed by atoms with van der Waals surface area (Å²) in [5.41, 5.74) is -0.355. The monoisotopic (exact) mass is 679 g/mol. The summed E-state index contributed by atoms with van der Waals surface area (Å²) in [4.78, 5) is 78.7. The molecule has 0 bridgehead atoms. The highest BCUT2D eigenvalue weighted by Crippen LogP contribution is 2.50. The minimum atomic E-state index is -1.39. The van der Waals surface area contributed by atoms with Gasteiger partial charge in [0.1, 0.15) is 23.8 Å². The maximum absolute atomic E-state index is 14.7. The number of aliphatic hydroxyl groups excluding tert-OH is 1. The lowest BCUT2D eigenvalue weighted by Gasteiger charge is -2.36. The number of fused-ring (bicyclic) bond motifs is 1. The number of nitrogens with one attached hydrogen (secondary N) is 4. The molecule has 4 saturated carbocycles. The second-order valence-corrected chi connectivity index (χ2v) is 15.5. The molecule has 1 aliphatic heterocycles. The van der Waals surface area contributed by atoms with Crippen molar-refractivity contribution >= 4 is 29.5 Å². The minimum Gasteiger partial charge on any atom is -0.381 e. The Balaban J connectivity index is 1.20. The molecule has 5 amide bonds. The first kappa shape index (κ1) is 35.2. The fourth-order valence-electron chi connectivity index (χ4n) is 8.37. The van der Waals surface area contributed by atoms with Gasteiger partial charge in [-0.25, -0.2) is 4.98 Å². The molecule has 1 aromatic rings. The molecule has 49 heavy (non-hydrogen) atoms. The lowest BCUT2D eigenvalue weighted by molar-refractivity contribution is -0.145. The summed E-state index contributed by atoms with van der Waals surface area (Å²) in [6, 6.07) is -3.17. The number of carbonyl (C=O) groups is 5. The normalized spacial score (nSPS) is 26.8. The van der Waals surface area contributed by atoms with Crippen LogP contribution in [-0.4, -0.2) is 92.4 Å². The van der Waals surface area contributed by atoms with Gasteiger partial charge in [0.05, 0.1) is 12.2 Å². The molecule has 5 fully saturated rings. The van der Waals surface area contributed by atoms with Crippen LogP contribution in [0.1, 0.15) is 114 Å². The number of aromatic nitrogens is 2. The van der Waals surface area contributed by atoms with Crippen LogP contribution in [0.25, 0.3) is 0 Å². The first-order chi connectivity index (χ1) is 23.6. The van der Waals surface area contributed by atoms with Gasteiger partial charge >= 0.3 is 0 Å². The van der Waals surface area contributed by atoms with Gasteiger partial charge in [0.25, 0.3) is 11.8 Å². The zero-order chi connectivity index (χ0) is 34.7. The van der Waals surface area contributed by atoms with E-state index in [1.54, 1.807) is 4.90 Å². The van der Waals surface area contributed by atoms with E-state index in [0.29, 0.717) is 19.4 Å². The molecule has 13 heteroatoms. The Morgan fingerprint density at radius 3 is 2.35 bits per heavy atom. The van der Waals surface area contributed by atoms with Crippen LogP contribution in [0.4, 0.5) is 0 Å². The zero-order valence-electron chi connectivity index (χ0n) is 28.9. The average molecular weight is 680 g/mol. The van der Waals surface area contributed by atoms with Crippen molar-refractivity contribution in [1.29, 1.82) is 0 Å². The Morgan fingerprint density at radius 1 is 0.939 bits per heavy atom. The number of hydrogen-bond donors (Lipinski definition) is 5. The Hall–Kier alpha value is -3.61. The van der Waals surface area contributed by atoms with E-state index in [1.807, 2.05) is 13.8 Å². The summed E-state index contributed by atoms with van der Waals surface area (Å²) < 4.78 is 0. The van der Waals surface area contributed by atoms with Crippen LogP contribution in [0.3, 0.4) is 0 Å². The maximum atomic E-state index is 14.7. The molecule has 2 heterocycles. The maximum Gasteiger partial charge on any atom is 0.272 e. The van der Waals surface area contributed by atoms with Crippen molar-refractivity contribution in [2.75, 3.05) is 6.54 Å². The molecule has 1 saturated heterocycles. The van der Waals surface area contributed by atoms with Crippen molar-refractivity contribution in [3.63, 3.8) is 0 Å². The van der Waals surface area contributed by atoms with E-state index in [2.05, 4.69) is 31.2 Å². The van der Waals surface area contributed by atoms with Gasteiger partial charge in [0, 0.05) is 25.0 Å². The van der Waals surface area contributed by atoms with Gasteiger partial charge < -0.3 is 31.3 Å². The molecular formula is C36H53N7O6. The zero-order valence-corrected chi connectivity index (χ0v) is 28.9. The number of carbonyl (C=O) groups excluding carboxylic acids is 5. The minimum absolute atomic E-state index is 0.0340. The molecule has 1 aromatic heterocycles. The molecule has 5 aliphatic rings. The van der Waals surface area contributed by atoms with Crippen molar-refractivity contribution in [2.24, 2.45) is 23.2 Å².